The van der Waals surface area contributed by atoms with Crippen LogP contribution in [0.2, 0.25) is 0 Å². The second-order valence-corrected chi connectivity index (χ2v) is 7.34. The van der Waals surface area contributed by atoms with E-state index in [4.69, 9.17) is 0 Å². The third kappa shape index (κ3) is 3.42. The van der Waals surface area contributed by atoms with Gasteiger partial charge in [-0.2, -0.15) is 4.37 Å². The predicted octanol–water partition coefficient (Wildman–Crippen LogP) is 2.64. The normalized spacial score (nSPS) is 19.8. The van der Waals surface area contributed by atoms with Gasteiger partial charge in [-0.3, -0.25) is 0 Å². The van der Waals surface area contributed by atoms with E-state index in [0.717, 1.165) is 30.6 Å². The van der Waals surface area contributed by atoms with Crippen molar-refractivity contribution in [2.24, 2.45) is 5.41 Å². The first-order chi connectivity index (χ1) is 8.39. The van der Waals surface area contributed by atoms with Crippen molar-refractivity contribution in [1.82, 2.24) is 14.7 Å². The first-order valence-corrected chi connectivity index (χ1v) is 7.45. The highest BCUT2D eigenvalue weighted by atomic mass is 32.1. The zero-order valence-corrected chi connectivity index (χ0v) is 12.7. The fourth-order valence-corrected chi connectivity index (χ4v) is 2.85. The van der Waals surface area contributed by atoms with Crippen molar-refractivity contribution in [3.8, 4) is 0 Å². The van der Waals surface area contributed by atoms with Crippen LogP contribution in [0.5, 0.6) is 0 Å². The van der Waals surface area contributed by atoms with Crippen molar-refractivity contribution < 1.29 is 0 Å². The van der Waals surface area contributed by atoms with Crippen LogP contribution in [0.3, 0.4) is 0 Å². The van der Waals surface area contributed by atoms with E-state index in [1.165, 1.54) is 24.4 Å². The molecule has 1 aromatic rings. The van der Waals surface area contributed by atoms with Gasteiger partial charge in [-0.25, -0.2) is 4.98 Å². The van der Waals surface area contributed by atoms with Crippen molar-refractivity contribution in [3.05, 3.63) is 5.82 Å². The van der Waals surface area contributed by atoms with Crippen LogP contribution in [0, 0.1) is 5.41 Å². The maximum atomic E-state index is 4.58. The lowest BCUT2D eigenvalue weighted by atomic mass is 9.81. The summed E-state index contributed by atoms with van der Waals surface area (Å²) in [5.41, 5.74) is 0.425. The SMILES string of the molecule is CC1(CNc2nc(C(C)(C)C)ns2)CCNCC1. The molecule has 18 heavy (non-hydrogen) atoms. The first-order valence-electron chi connectivity index (χ1n) is 6.68. The Kier molecular flexibility index (Phi) is 3.92. The summed E-state index contributed by atoms with van der Waals surface area (Å²) in [4.78, 5) is 4.58. The number of piperidine rings is 1. The molecule has 2 N–H and O–H groups in total. The van der Waals surface area contributed by atoms with Gasteiger partial charge in [0.1, 0.15) is 5.82 Å². The first kappa shape index (κ1) is 13.7. The Bertz CT molecular complexity index is 388. The summed E-state index contributed by atoms with van der Waals surface area (Å²) in [5, 5.41) is 7.83. The molecule has 0 aliphatic carbocycles. The molecule has 0 saturated carbocycles. The summed E-state index contributed by atoms with van der Waals surface area (Å²) in [6.07, 6.45) is 2.45. The molecule has 0 atom stereocenters. The van der Waals surface area contributed by atoms with Gasteiger partial charge in [-0.15, -0.1) is 0 Å². The van der Waals surface area contributed by atoms with Gasteiger partial charge in [0.2, 0.25) is 5.13 Å². The van der Waals surface area contributed by atoms with Gasteiger partial charge in [0.25, 0.3) is 0 Å². The maximum absolute atomic E-state index is 4.58. The molecule has 1 saturated heterocycles. The van der Waals surface area contributed by atoms with E-state index in [9.17, 15) is 0 Å². The van der Waals surface area contributed by atoms with Gasteiger partial charge in [-0.1, -0.05) is 27.7 Å². The van der Waals surface area contributed by atoms with Crippen LogP contribution in [0.15, 0.2) is 0 Å². The van der Waals surface area contributed by atoms with E-state index in [1.54, 1.807) is 0 Å². The van der Waals surface area contributed by atoms with Gasteiger partial charge in [-0.05, 0) is 31.3 Å². The summed E-state index contributed by atoms with van der Waals surface area (Å²) >= 11 is 1.48. The van der Waals surface area contributed by atoms with Gasteiger partial charge in [0, 0.05) is 23.5 Å². The molecule has 0 radical (unpaired) electrons. The Morgan fingerprint density at radius 1 is 1.33 bits per heavy atom. The van der Waals surface area contributed by atoms with Crippen molar-refractivity contribution >= 4 is 16.7 Å². The zero-order valence-electron chi connectivity index (χ0n) is 11.8. The lowest BCUT2D eigenvalue weighted by Gasteiger charge is -2.34. The largest absolute Gasteiger partial charge is 0.360 e. The average Bonchev–Trinajstić information content (AvgIpc) is 2.76. The summed E-state index contributed by atoms with van der Waals surface area (Å²) in [6.45, 7) is 12.0. The summed E-state index contributed by atoms with van der Waals surface area (Å²) < 4.78 is 4.43. The molecule has 2 heterocycles. The number of hydrogen-bond donors (Lipinski definition) is 2. The number of nitrogens with one attached hydrogen (secondary N) is 2. The number of hydrogen-bond acceptors (Lipinski definition) is 5. The minimum Gasteiger partial charge on any atom is -0.360 e. The lowest BCUT2D eigenvalue weighted by Crippen LogP contribution is -2.39. The van der Waals surface area contributed by atoms with E-state index in [-0.39, 0.29) is 5.41 Å². The van der Waals surface area contributed by atoms with Crippen LogP contribution >= 0.6 is 11.5 Å². The fourth-order valence-electron chi connectivity index (χ4n) is 2.10. The molecule has 5 heteroatoms. The van der Waals surface area contributed by atoms with E-state index in [1.807, 2.05) is 0 Å². The van der Waals surface area contributed by atoms with Crippen LogP contribution < -0.4 is 10.6 Å². The number of nitrogens with zero attached hydrogens (tertiary/aromatic N) is 2. The molecular weight excluding hydrogens is 244 g/mol. The third-order valence-corrected chi connectivity index (χ3v) is 4.25. The minimum absolute atomic E-state index is 0.0368. The summed E-state index contributed by atoms with van der Waals surface area (Å²) in [6, 6.07) is 0. The number of anilines is 1. The van der Waals surface area contributed by atoms with E-state index < -0.39 is 0 Å². The van der Waals surface area contributed by atoms with Crippen LogP contribution in [0.1, 0.15) is 46.4 Å². The van der Waals surface area contributed by atoms with Gasteiger partial charge in [0.15, 0.2) is 0 Å². The molecule has 1 aliphatic heterocycles. The lowest BCUT2D eigenvalue weighted by molar-refractivity contribution is 0.247. The fraction of sp³-hybridized carbons (Fsp3) is 0.846. The van der Waals surface area contributed by atoms with Gasteiger partial charge < -0.3 is 10.6 Å². The third-order valence-electron chi connectivity index (χ3n) is 3.57. The van der Waals surface area contributed by atoms with E-state index >= 15 is 0 Å². The highest BCUT2D eigenvalue weighted by Gasteiger charge is 2.27. The smallest absolute Gasteiger partial charge is 0.202 e. The zero-order chi connectivity index (χ0) is 13.2. The molecule has 4 nitrogen and oxygen atoms in total. The maximum Gasteiger partial charge on any atom is 0.202 e. The predicted molar refractivity (Wildman–Crippen MR) is 77.3 cm³/mol. The van der Waals surface area contributed by atoms with Gasteiger partial charge in [0.05, 0.1) is 0 Å². The Balaban J connectivity index is 1.92. The van der Waals surface area contributed by atoms with Crippen LogP contribution in [-0.2, 0) is 5.41 Å². The summed E-state index contributed by atoms with van der Waals surface area (Å²) in [7, 11) is 0. The van der Waals surface area contributed by atoms with E-state index in [0.29, 0.717) is 5.41 Å². The van der Waals surface area contributed by atoms with Crippen LogP contribution in [0.25, 0.3) is 0 Å². The number of rotatable bonds is 3. The quantitative estimate of drug-likeness (QED) is 0.885. The molecule has 102 valence electrons. The molecule has 2 rings (SSSR count). The van der Waals surface area contributed by atoms with E-state index in [2.05, 4.69) is 47.7 Å². The minimum atomic E-state index is 0.0368. The molecule has 1 aliphatic rings. The van der Waals surface area contributed by atoms with Crippen LogP contribution in [0.4, 0.5) is 5.13 Å². The Labute approximate surface area is 114 Å². The van der Waals surface area contributed by atoms with Gasteiger partial charge >= 0.3 is 0 Å². The second kappa shape index (κ2) is 5.13. The number of aromatic nitrogens is 2. The highest BCUT2D eigenvalue weighted by molar-refractivity contribution is 7.09. The molecule has 1 fully saturated rings. The summed E-state index contributed by atoms with van der Waals surface area (Å²) in [5.74, 6) is 0.936. The monoisotopic (exact) mass is 268 g/mol. The highest BCUT2D eigenvalue weighted by Crippen LogP contribution is 2.29. The molecule has 1 aromatic heterocycles. The second-order valence-electron chi connectivity index (χ2n) is 6.59. The van der Waals surface area contributed by atoms with Crippen LogP contribution in [-0.4, -0.2) is 29.0 Å². The van der Waals surface area contributed by atoms with Crippen molar-refractivity contribution in [2.75, 3.05) is 25.0 Å². The Morgan fingerprint density at radius 2 is 2.00 bits per heavy atom. The molecule has 0 aromatic carbocycles. The average molecular weight is 268 g/mol. The molecule has 0 spiro atoms. The molecule has 0 unspecified atom stereocenters. The standard InChI is InChI=1S/C13H24N4S/c1-12(2,3)10-16-11(18-17-10)15-9-13(4)5-7-14-8-6-13/h14H,5-9H2,1-4H3,(H,15,16,17). The van der Waals surface area contributed by atoms with Crippen molar-refractivity contribution in [3.63, 3.8) is 0 Å². The Morgan fingerprint density at radius 3 is 2.56 bits per heavy atom. The Hall–Kier alpha value is -0.680. The topological polar surface area (TPSA) is 49.8 Å². The molecule has 0 bridgehead atoms. The molecule has 0 amide bonds. The van der Waals surface area contributed by atoms with Crippen molar-refractivity contribution in [2.45, 2.75) is 46.0 Å². The molecular formula is C13H24N4S. The van der Waals surface area contributed by atoms with Crippen molar-refractivity contribution in [1.29, 1.82) is 0 Å².